The molecule has 0 radical (unpaired) electrons. The Morgan fingerprint density at radius 1 is 1.03 bits per heavy atom. The van der Waals surface area contributed by atoms with Crippen molar-refractivity contribution in [2.45, 2.75) is 12.8 Å². The van der Waals surface area contributed by atoms with Crippen LogP contribution in [0, 0.1) is 11.6 Å². The van der Waals surface area contributed by atoms with Gasteiger partial charge in [-0.1, -0.05) is 5.21 Å². The number of H-pyrrole nitrogens is 1. The number of carbonyl (C=O) groups is 1. The molecule has 2 aromatic heterocycles. The van der Waals surface area contributed by atoms with Crippen molar-refractivity contribution in [3.05, 3.63) is 40.2 Å². The highest BCUT2D eigenvalue weighted by molar-refractivity contribution is 5.78. The lowest BCUT2D eigenvalue weighted by molar-refractivity contribution is -0.132. The van der Waals surface area contributed by atoms with Crippen molar-refractivity contribution in [2.75, 3.05) is 55.7 Å². The highest BCUT2D eigenvalue weighted by atomic mass is 19.1. The number of ether oxygens (including phenoxy) is 1. The third-order valence-electron chi connectivity index (χ3n) is 6.35. The summed E-state index contributed by atoms with van der Waals surface area (Å²) in [7, 11) is 1.71. The first-order chi connectivity index (χ1) is 16.4. The fourth-order valence-corrected chi connectivity index (χ4v) is 4.50. The van der Waals surface area contributed by atoms with Crippen LogP contribution in [0.4, 0.5) is 20.3 Å². The van der Waals surface area contributed by atoms with Gasteiger partial charge >= 0.3 is 0 Å². The number of amides is 1. The summed E-state index contributed by atoms with van der Waals surface area (Å²) < 4.78 is 36.6. The molecular formula is C22H25F2N7O3. The molecule has 180 valence electrons. The molecular weight excluding hydrogens is 448 g/mol. The summed E-state index contributed by atoms with van der Waals surface area (Å²) in [6, 6.07) is 4.02. The number of aromatic nitrogens is 4. The zero-order valence-electron chi connectivity index (χ0n) is 18.8. The van der Waals surface area contributed by atoms with Crippen molar-refractivity contribution in [2.24, 2.45) is 7.05 Å². The van der Waals surface area contributed by atoms with Gasteiger partial charge in [0.15, 0.2) is 23.8 Å². The maximum absolute atomic E-state index is 14.8. The fraction of sp³-hybridized carbons (Fsp3) is 0.455. The third kappa shape index (κ3) is 4.15. The molecule has 3 aromatic rings. The molecule has 10 nitrogen and oxygen atoms in total. The van der Waals surface area contributed by atoms with Gasteiger partial charge in [-0.05, 0) is 12.8 Å². The lowest BCUT2D eigenvalue weighted by Gasteiger charge is -2.37. The quantitative estimate of drug-likeness (QED) is 0.596. The number of hydrogen-bond donors (Lipinski definition) is 1. The Bertz CT molecular complexity index is 1250. The third-order valence-corrected chi connectivity index (χ3v) is 6.35. The summed E-state index contributed by atoms with van der Waals surface area (Å²) in [5, 5.41) is 7.72. The monoisotopic (exact) mass is 473 g/mol. The van der Waals surface area contributed by atoms with Gasteiger partial charge in [-0.3, -0.25) is 9.59 Å². The average molecular weight is 473 g/mol. The van der Waals surface area contributed by atoms with Crippen LogP contribution >= 0.6 is 0 Å². The molecule has 12 heteroatoms. The van der Waals surface area contributed by atoms with Gasteiger partial charge in [0, 0.05) is 64.5 Å². The zero-order chi connectivity index (χ0) is 23.8. The van der Waals surface area contributed by atoms with E-state index < -0.39 is 11.6 Å². The normalized spacial score (nSPS) is 16.5. The molecule has 1 N–H and O–H groups in total. The first-order valence-corrected chi connectivity index (χ1v) is 11.2. The van der Waals surface area contributed by atoms with Crippen molar-refractivity contribution in [3.63, 3.8) is 0 Å². The number of nitrogens with zero attached hydrogens (tertiary/aromatic N) is 6. The Morgan fingerprint density at radius 3 is 2.35 bits per heavy atom. The van der Waals surface area contributed by atoms with Crippen molar-refractivity contribution >= 4 is 28.4 Å². The van der Waals surface area contributed by atoms with Gasteiger partial charge in [0.2, 0.25) is 0 Å². The lowest BCUT2D eigenvalue weighted by Crippen LogP contribution is -2.47. The van der Waals surface area contributed by atoms with Crippen molar-refractivity contribution in [1.82, 2.24) is 24.9 Å². The molecule has 2 fully saturated rings. The summed E-state index contributed by atoms with van der Waals surface area (Å²) in [5.41, 5.74) is 0.409. The topological polar surface area (TPSA) is 99.6 Å². The van der Waals surface area contributed by atoms with Gasteiger partial charge in [-0.25, -0.2) is 13.5 Å². The van der Waals surface area contributed by atoms with Crippen LogP contribution in [0.3, 0.4) is 0 Å². The summed E-state index contributed by atoms with van der Waals surface area (Å²) in [6.07, 6.45) is 1.92. The molecule has 2 saturated heterocycles. The molecule has 4 heterocycles. The van der Waals surface area contributed by atoms with Crippen molar-refractivity contribution in [1.29, 1.82) is 0 Å². The molecule has 34 heavy (non-hydrogen) atoms. The van der Waals surface area contributed by atoms with Gasteiger partial charge in [0.1, 0.15) is 17.3 Å². The van der Waals surface area contributed by atoms with E-state index in [4.69, 9.17) is 4.74 Å². The minimum atomic E-state index is -0.743. The van der Waals surface area contributed by atoms with Crippen molar-refractivity contribution in [3.8, 4) is 5.75 Å². The molecule has 5 rings (SSSR count). The van der Waals surface area contributed by atoms with Gasteiger partial charge in [0.05, 0.1) is 5.52 Å². The Morgan fingerprint density at radius 2 is 1.68 bits per heavy atom. The number of hydrogen-bond acceptors (Lipinski definition) is 7. The van der Waals surface area contributed by atoms with E-state index in [2.05, 4.69) is 15.3 Å². The number of fused-ring (bicyclic) bond motifs is 1. The first-order valence-electron chi connectivity index (χ1n) is 11.2. The second-order valence-corrected chi connectivity index (χ2v) is 8.52. The molecule has 2 aliphatic rings. The molecule has 0 spiro atoms. The van der Waals surface area contributed by atoms with Crippen LogP contribution in [0.1, 0.15) is 12.8 Å². The van der Waals surface area contributed by atoms with Crippen LogP contribution in [-0.4, -0.2) is 76.7 Å². The van der Waals surface area contributed by atoms with Crippen LogP contribution in [-0.2, 0) is 11.8 Å². The van der Waals surface area contributed by atoms with E-state index >= 15 is 0 Å². The maximum atomic E-state index is 14.8. The second-order valence-electron chi connectivity index (χ2n) is 8.52. The number of carbonyl (C=O) groups excluding carboxylic acids is 1. The number of aryl methyl sites for hydroxylation is 1. The molecule has 1 aromatic carbocycles. The molecule has 0 saturated carbocycles. The van der Waals surface area contributed by atoms with E-state index in [1.165, 1.54) is 4.68 Å². The number of benzene rings is 1. The van der Waals surface area contributed by atoms with E-state index in [0.717, 1.165) is 25.0 Å². The predicted octanol–water partition coefficient (Wildman–Crippen LogP) is 1.26. The largest absolute Gasteiger partial charge is 0.484 e. The number of halogens is 2. The maximum Gasteiger partial charge on any atom is 0.279 e. The summed E-state index contributed by atoms with van der Waals surface area (Å²) in [6.45, 7) is 2.75. The van der Waals surface area contributed by atoms with Crippen LogP contribution in [0.15, 0.2) is 23.0 Å². The molecule has 1 amide bonds. The number of rotatable bonds is 5. The summed E-state index contributed by atoms with van der Waals surface area (Å²) in [4.78, 5) is 32.5. The first kappa shape index (κ1) is 22.1. The van der Waals surface area contributed by atoms with E-state index in [1.54, 1.807) is 22.9 Å². The number of nitrogens with one attached hydrogen (secondary N) is 1. The summed E-state index contributed by atoms with van der Waals surface area (Å²) >= 11 is 0. The van der Waals surface area contributed by atoms with E-state index in [0.29, 0.717) is 50.6 Å². The van der Waals surface area contributed by atoms with Crippen LogP contribution < -0.4 is 20.1 Å². The van der Waals surface area contributed by atoms with Crippen LogP contribution in [0.5, 0.6) is 5.75 Å². The zero-order valence-corrected chi connectivity index (χ0v) is 18.8. The van der Waals surface area contributed by atoms with E-state index in [-0.39, 0.29) is 35.0 Å². The van der Waals surface area contributed by atoms with Gasteiger partial charge in [-0.2, -0.15) is 0 Å². The van der Waals surface area contributed by atoms with Gasteiger partial charge < -0.3 is 24.4 Å². The number of aromatic amines is 1. The molecule has 0 atom stereocenters. The Hall–Kier alpha value is -3.70. The average Bonchev–Trinajstić information content (AvgIpc) is 3.48. The van der Waals surface area contributed by atoms with Crippen LogP contribution in [0.2, 0.25) is 0 Å². The highest BCUT2D eigenvalue weighted by Crippen LogP contribution is 2.30. The lowest BCUT2D eigenvalue weighted by atomic mass is 10.2. The highest BCUT2D eigenvalue weighted by Gasteiger charge is 2.25. The number of pyridine rings is 1. The summed E-state index contributed by atoms with van der Waals surface area (Å²) in [5.74, 6) is -1.08. The Labute approximate surface area is 193 Å². The standard InChI is InChI=1S/C22H25F2N7O3/c1-28-17-12-18(25-22(33)20(17)26-27-28)29-6-8-31(9-7-29)21-15(23)10-14(11-16(21)24)34-13-19(32)30-4-2-3-5-30/h10-12H,2-9,13H2,1H3,(H,25,33). The fourth-order valence-electron chi connectivity index (χ4n) is 4.50. The number of anilines is 2. The van der Waals surface area contributed by atoms with Gasteiger partial charge in [0.25, 0.3) is 11.5 Å². The Balaban J connectivity index is 1.25. The number of likely N-dealkylation sites (tertiary alicyclic amines) is 1. The molecule has 0 aliphatic carbocycles. The number of piperazine rings is 1. The SMILES string of the molecule is Cn1nnc2c(=O)[nH]c(N3CCN(c4c(F)cc(OCC(=O)N5CCCC5)cc4F)CC3)cc21. The predicted molar refractivity (Wildman–Crippen MR) is 121 cm³/mol. The Kier molecular flexibility index (Phi) is 5.80. The van der Waals surface area contributed by atoms with Crippen LogP contribution in [0.25, 0.3) is 11.0 Å². The second kappa shape index (κ2) is 8.92. The molecule has 0 unspecified atom stereocenters. The van der Waals surface area contributed by atoms with Gasteiger partial charge in [-0.15, -0.1) is 5.10 Å². The molecule has 0 bridgehead atoms. The van der Waals surface area contributed by atoms with Crippen molar-refractivity contribution < 1.29 is 18.3 Å². The minimum Gasteiger partial charge on any atom is -0.484 e. The molecule has 2 aliphatic heterocycles. The van der Waals surface area contributed by atoms with E-state index in [1.807, 2.05) is 4.90 Å². The van der Waals surface area contributed by atoms with E-state index in [9.17, 15) is 18.4 Å². The minimum absolute atomic E-state index is 0.0133. The smallest absolute Gasteiger partial charge is 0.279 e.